The molecule has 0 amide bonds. The van der Waals surface area contributed by atoms with E-state index in [0.717, 1.165) is 37.1 Å². The smallest absolute Gasteiger partial charge is 0.185 e. The maximum atomic E-state index is 12.2. The Labute approximate surface area is 142 Å². The molecule has 0 aromatic heterocycles. The molecule has 1 aliphatic heterocycles. The Morgan fingerprint density at radius 1 is 0.917 bits per heavy atom. The molecule has 2 aromatic rings. The fourth-order valence-corrected chi connectivity index (χ4v) is 2.61. The van der Waals surface area contributed by atoms with E-state index in [2.05, 4.69) is 11.1 Å². The van der Waals surface area contributed by atoms with Gasteiger partial charge in [0.25, 0.3) is 0 Å². The molecule has 0 bridgehead atoms. The van der Waals surface area contributed by atoms with Crippen LogP contribution in [0.1, 0.15) is 10.4 Å². The Hall–Kier alpha value is -2.65. The van der Waals surface area contributed by atoms with Crippen molar-refractivity contribution in [2.45, 2.75) is 0 Å². The summed E-state index contributed by atoms with van der Waals surface area (Å²) in [5.74, 6) is 0.0163. The van der Waals surface area contributed by atoms with Gasteiger partial charge < -0.3 is 9.64 Å². The van der Waals surface area contributed by atoms with Crippen LogP contribution >= 0.6 is 0 Å². The number of carbonyl (C=O) groups excluding carboxylic acids is 1. The van der Waals surface area contributed by atoms with Crippen molar-refractivity contribution in [3.05, 3.63) is 84.6 Å². The lowest BCUT2D eigenvalue weighted by Gasteiger charge is -2.24. The van der Waals surface area contributed by atoms with E-state index < -0.39 is 0 Å². The fraction of sp³-hybridized carbons (Fsp3) is 0.190. The molecule has 0 N–H and O–H groups in total. The van der Waals surface area contributed by atoms with Crippen molar-refractivity contribution in [1.82, 2.24) is 4.90 Å². The van der Waals surface area contributed by atoms with Gasteiger partial charge in [0.2, 0.25) is 0 Å². The molecule has 1 aliphatic rings. The molecule has 0 aliphatic carbocycles. The van der Waals surface area contributed by atoms with Crippen LogP contribution in [0.25, 0.3) is 10.8 Å². The second-order valence-electron chi connectivity index (χ2n) is 5.66. The quantitative estimate of drug-likeness (QED) is 0.474. The Bertz CT molecular complexity index is 783. The molecule has 3 rings (SSSR count). The maximum absolute atomic E-state index is 12.2. The van der Waals surface area contributed by atoms with E-state index in [1.807, 2.05) is 60.7 Å². The summed E-state index contributed by atoms with van der Waals surface area (Å²) >= 11 is 0. The van der Waals surface area contributed by atoms with Gasteiger partial charge in [-0.3, -0.25) is 4.79 Å². The van der Waals surface area contributed by atoms with E-state index in [-0.39, 0.29) is 5.78 Å². The van der Waals surface area contributed by atoms with Gasteiger partial charge in [-0.1, -0.05) is 54.6 Å². The number of morpholine rings is 1. The van der Waals surface area contributed by atoms with E-state index in [1.165, 1.54) is 0 Å². The standard InChI is InChI=1S/C21H21NO2/c23-21(20-11-10-18-7-4-5-8-19(18)17-20)9-3-1-2-6-12-22-13-15-24-16-14-22/h1-12,17H,13-16H2/b2-1+,9-3+,12-6+. The van der Waals surface area contributed by atoms with Crippen LogP contribution in [0.15, 0.2) is 79.0 Å². The van der Waals surface area contributed by atoms with Crippen molar-refractivity contribution in [2.75, 3.05) is 26.3 Å². The number of hydrogen-bond donors (Lipinski definition) is 0. The third-order valence-electron chi connectivity index (χ3n) is 3.96. The number of ketones is 1. The van der Waals surface area contributed by atoms with Gasteiger partial charge >= 0.3 is 0 Å². The molecule has 1 heterocycles. The average Bonchev–Trinajstić information content (AvgIpc) is 2.65. The number of benzene rings is 2. The van der Waals surface area contributed by atoms with Crippen LogP contribution in [0, 0.1) is 0 Å². The number of fused-ring (bicyclic) bond motifs is 1. The number of rotatable bonds is 5. The summed E-state index contributed by atoms with van der Waals surface area (Å²) in [4.78, 5) is 14.4. The van der Waals surface area contributed by atoms with Crippen molar-refractivity contribution >= 4 is 16.6 Å². The van der Waals surface area contributed by atoms with Gasteiger partial charge in [0, 0.05) is 18.7 Å². The minimum atomic E-state index is 0.0163. The van der Waals surface area contributed by atoms with Crippen molar-refractivity contribution < 1.29 is 9.53 Å². The maximum Gasteiger partial charge on any atom is 0.185 e. The average molecular weight is 319 g/mol. The Morgan fingerprint density at radius 2 is 1.67 bits per heavy atom. The minimum Gasteiger partial charge on any atom is -0.378 e. The van der Waals surface area contributed by atoms with Crippen molar-refractivity contribution in [1.29, 1.82) is 0 Å². The SMILES string of the molecule is O=C(/C=C/C=C/C=C/N1CCOCC1)c1ccc2ccccc2c1. The van der Waals surface area contributed by atoms with Gasteiger partial charge in [0.05, 0.1) is 13.2 Å². The lowest BCUT2D eigenvalue weighted by Crippen LogP contribution is -2.31. The third-order valence-corrected chi connectivity index (χ3v) is 3.96. The van der Waals surface area contributed by atoms with E-state index in [1.54, 1.807) is 12.2 Å². The Morgan fingerprint density at radius 3 is 2.50 bits per heavy atom. The van der Waals surface area contributed by atoms with Gasteiger partial charge in [0.15, 0.2) is 5.78 Å². The predicted molar refractivity (Wildman–Crippen MR) is 98.1 cm³/mol. The van der Waals surface area contributed by atoms with Gasteiger partial charge in [-0.15, -0.1) is 0 Å². The Kier molecular flexibility index (Phi) is 5.59. The highest BCUT2D eigenvalue weighted by atomic mass is 16.5. The van der Waals surface area contributed by atoms with Crippen LogP contribution in [-0.4, -0.2) is 37.0 Å². The molecule has 3 nitrogen and oxygen atoms in total. The van der Waals surface area contributed by atoms with Crippen molar-refractivity contribution in [3.8, 4) is 0 Å². The number of allylic oxidation sites excluding steroid dienone is 5. The lowest BCUT2D eigenvalue weighted by molar-refractivity contribution is 0.0594. The molecular weight excluding hydrogens is 298 g/mol. The van der Waals surface area contributed by atoms with E-state index in [4.69, 9.17) is 4.74 Å². The summed E-state index contributed by atoms with van der Waals surface area (Å²) in [7, 11) is 0. The first-order valence-corrected chi connectivity index (χ1v) is 8.19. The highest BCUT2D eigenvalue weighted by Gasteiger charge is 2.04. The summed E-state index contributed by atoms with van der Waals surface area (Å²) in [6.07, 6.45) is 11.2. The second kappa shape index (κ2) is 8.27. The minimum absolute atomic E-state index is 0.0163. The first-order valence-electron chi connectivity index (χ1n) is 8.19. The topological polar surface area (TPSA) is 29.5 Å². The van der Waals surface area contributed by atoms with Gasteiger partial charge in [-0.25, -0.2) is 0 Å². The van der Waals surface area contributed by atoms with E-state index in [0.29, 0.717) is 5.56 Å². The molecule has 1 fully saturated rings. The monoisotopic (exact) mass is 319 g/mol. The van der Waals surface area contributed by atoms with Crippen LogP contribution in [-0.2, 0) is 4.74 Å². The summed E-state index contributed by atoms with van der Waals surface area (Å²) in [5.41, 5.74) is 0.710. The van der Waals surface area contributed by atoms with Crippen LogP contribution in [0.2, 0.25) is 0 Å². The molecule has 122 valence electrons. The molecule has 3 heteroatoms. The zero-order valence-electron chi connectivity index (χ0n) is 13.6. The molecule has 0 radical (unpaired) electrons. The first-order chi connectivity index (χ1) is 11.8. The predicted octanol–water partition coefficient (Wildman–Crippen LogP) is 3.98. The zero-order valence-corrected chi connectivity index (χ0v) is 13.6. The molecule has 1 saturated heterocycles. The van der Waals surface area contributed by atoms with Gasteiger partial charge in [-0.05, 0) is 35.2 Å². The van der Waals surface area contributed by atoms with Gasteiger partial charge in [-0.2, -0.15) is 0 Å². The van der Waals surface area contributed by atoms with Crippen LogP contribution in [0.4, 0.5) is 0 Å². The highest BCUT2D eigenvalue weighted by molar-refractivity contribution is 6.06. The molecule has 2 aromatic carbocycles. The zero-order chi connectivity index (χ0) is 16.6. The molecule has 24 heavy (non-hydrogen) atoms. The van der Waals surface area contributed by atoms with Crippen molar-refractivity contribution in [2.24, 2.45) is 0 Å². The number of nitrogens with zero attached hydrogens (tertiary/aromatic N) is 1. The second-order valence-corrected chi connectivity index (χ2v) is 5.66. The fourth-order valence-electron chi connectivity index (χ4n) is 2.61. The van der Waals surface area contributed by atoms with E-state index in [9.17, 15) is 4.79 Å². The van der Waals surface area contributed by atoms with Crippen molar-refractivity contribution in [3.63, 3.8) is 0 Å². The van der Waals surface area contributed by atoms with Crippen LogP contribution < -0.4 is 0 Å². The molecule has 0 unspecified atom stereocenters. The highest BCUT2D eigenvalue weighted by Crippen LogP contribution is 2.16. The normalized spacial score (nSPS) is 15.9. The molecule has 0 atom stereocenters. The summed E-state index contributed by atoms with van der Waals surface area (Å²) in [6.45, 7) is 3.43. The Balaban J connectivity index is 1.55. The van der Waals surface area contributed by atoms with Crippen LogP contribution in [0.3, 0.4) is 0 Å². The molecule has 0 saturated carbocycles. The number of hydrogen-bond acceptors (Lipinski definition) is 3. The summed E-state index contributed by atoms with van der Waals surface area (Å²) in [5, 5.41) is 2.23. The number of ether oxygens (including phenoxy) is 1. The van der Waals surface area contributed by atoms with Gasteiger partial charge in [0.1, 0.15) is 0 Å². The number of carbonyl (C=O) groups is 1. The lowest BCUT2D eigenvalue weighted by atomic mass is 10.0. The molecular formula is C21H21NO2. The van der Waals surface area contributed by atoms with E-state index >= 15 is 0 Å². The summed E-state index contributed by atoms with van der Waals surface area (Å²) in [6, 6.07) is 13.8. The first kappa shape index (κ1) is 16.2. The summed E-state index contributed by atoms with van der Waals surface area (Å²) < 4.78 is 5.30. The molecule has 0 spiro atoms. The largest absolute Gasteiger partial charge is 0.378 e. The third kappa shape index (κ3) is 4.43. The van der Waals surface area contributed by atoms with Crippen LogP contribution in [0.5, 0.6) is 0 Å².